The predicted molar refractivity (Wildman–Crippen MR) is 93.0 cm³/mol. The summed E-state index contributed by atoms with van der Waals surface area (Å²) in [7, 11) is 3.82. The lowest BCUT2D eigenvalue weighted by molar-refractivity contribution is -0.0348. The first kappa shape index (κ1) is 15.9. The summed E-state index contributed by atoms with van der Waals surface area (Å²) >= 11 is 0. The monoisotopic (exact) mass is 311 g/mol. The lowest BCUT2D eigenvalue weighted by Gasteiger charge is -2.42. The molecule has 1 aliphatic heterocycles. The number of rotatable bonds is 4. The van der Waals surface area contributed by atoms with E-state index in [1.807, 2.05) is 24.3 Å². The Morgan fingerprint density at radius 1 is 0.957 bits per heavy atom. The topological polar surface area (TPSA) is 21.7 Å². The van der Waals surface area contributed by atoms with Crippen LogP contribution in [0.15, 0.2) is 54.6 Å². The first-order chi connectivity index (χ1) is 11.2. The van der Waals surface area contributed by atoms with Crippen LogP contribution >= 0.6 is 0 Å². The molecule has 0 bridgehead atoms. The van der Waals surface area contributed by atoms with Gasteiger partial charge in [-0.15, -0.1) is 0 Å². The zero-order chi connectivity index (χ0) is 16.2. The Kier molecular flexibility index (Phi) is 4.87. The van der Waals surface area contributed by atoms with E-state index in [0.717, 1.165) is 18.0 Å². The van der Waals surface area contributed by atoms with Crippen LogP contribution in [0.3, 0.4) is 0 Å². The van der Waals surface area contributed by atoms with Crippen molar-refractivity contribution in [2.45, 2.75) is 25.5 Å². The second kappa shape index (κ2) is 7.05. The molecule has 3 heteroatoms. The fourth-order valence-electron chi connectivity index (χ4n) is 3.49. The van der Waals surface area contributed by atoms with E-state index >= 15 is 0 Å². The van der Waals surface area contributed by atoms with Crippen LogP contribution in [0.4, 0.5) is 0 Å². The van der Waals surface area contributed by atoms with Crippen LogP contribution in [0.5, 0.6) is 11.5 Å². The van der Waals surface area contributed by atoms with Gasteiger partial charge in [0.15, 0.2) is 6.23 Å². The van der Waals surface area contributed by atoms with Gasteiger partial charge in [0, 0.05) is 12.5 Å². The molecule has 2 aromatic rings. The van der Waals surface area contributed by atoms with E-state index in [-0.39, 0.29) is 6.23 Å². The molecule has 1 aliphatic rings. The minimum atomic E-state index is 0.0855. The molecule has 0 amide bonds. The largest absolute Gasteiger partial charge is 0.497 e. The molecule has 3 nitrogen and oxygen atoms in total. The Labute approximate surface area is 138 Å². The van der Waals surface area contributed by atoms with Crippen LogP contribution in [0.25, 0.3) is 0 Å². The van der Waals surface area contributed by atoms with Gasteiger partial charge in [0.2, 0.25) is 0 Å². The zero-order valence-corrected chi connectivity index (χ0v) is 14.1. The van der Waals surface area contributed by atoms with Crippen LogP contribution in [-0.2, 0) is 0 Å². The number of hydrogen-bond acceptors (Lipinski definition) is 3. The standard InChI is InChI=1S/C20H25NO2/c1-15-19(16-7-5-4-6-8-16)13-14-21(2)20(15)23-18-11-9-17(22-3)10-12-18/h4-12,15,19-20H,13-14H2,1-3H3. The van der Waals surface area contributed by atoms with Crippen LogP contribution < -0.4 is 9.47 Å². The van der Waals surface area contributed by atoms with Crippen LogP contribution in [-0.4, -0.2) is 31.8 Å². The summed E-state index contributed by atoms with van der Waals surface area (Å²) in [5.74, 6) is 2.71. The summed E-state index contributed by atoms with van der Waals surface area (Å²) < 4.78 is 11.5. The Morgan fingerprint density at radius 2 is 1.61 bits per heavy atom. The maximum atomic E-state index is 6.30. The lowest BCUT2D eigenvalue weighted by atomic mass is 9.80. The molecular formula is C20H25NO2. The highest BCUT2D eigenvalue weighted by Gasteiger charge is 2.35. The summed E-state index contributed by atoms with van der Waals surface area (Å²) in [4.78, 5) is 2.31. The molecule has 1 saturated heterocycles. The van der Waals surface area contributed by atoms with Crippen molar-refractivity contribution in [1.29, 1.82) is 0 Å². The number of nitrogens with zero attached hydrogens (tertiary/aromatic N) is 1. The van der Waals surface area contributed by atoms with E-state index in [0.29, 0.717) is 11.8 Å². The number of benzene rings is 2. The van der Waals surface area contributed by atoms with Crippen LogP contribution in [0.1, 0.15) is 24.8 Å². The highest BCUT2D eigenvalue weighted by atomic mass is 16.5. The Balaban J connectivity index is 1.76. The van der Waals surface area contributed by atoms with E-state index in [1.54, 1.807) is 7.11 Å². The van der Waals surface area contributed by atoms with E-state index in [4.69, 9.17) is 9.47 Å². The molecule has 0 N–H and O–H groups in total. The molecule has 0 spiro atoms. The van der Waals surface area contributed by atoms with Crippen molar-refractivity contribution in [3.8, 4) is 11.5 Å². The maximum absolute atomic E-state index is 6.30. The molecule has 3 unspecified atom stereocenters. The molecule has 2 aromatic carbocycles. The summed E-state index contributed by atoms with van der Waals surface area (Å²) in [5, 5.41) is 0. The third kappa shape index (κ3) is 3.50. The average Bonchev–Trinajstić information content (AvgIpc) is 2.60. The molecule has 1 fully saturated rings. The summed E-state index contributed by atoms with van der Waals surface area (Å²) in [6.07, 6.45) is 1.26. The Morgan fingerprint density at radius 3 is 2.26 bits per heavy atom. The van der Waals surface area contributed by atoms with Crippen LogP contribution in [0.2, 0.25) is 0 Å². The van der Waals surface area contributed by atoms with Crippen molar-refractivity contribution in [2.24, 2.45) is 5.92 Å². The van der Waals surface area contributed by atoms with E-state index in [9.17, 15) is 0 Å². The van der Waals surface area contributed by atoms with E-state index < -0.39 is 0 Å². The second-order valence-corrected chi connectivity index (χ2v) is 6.33. The summed E-state index contributed by atoms with van der Waals surface area (Å²) in [5.41, 5.74) is 1.41. The van der Waals surface area contributed by atoms with Gasteiger partial charge >= 0.3 is 0 Å². The number of hydrogen-bond donors (Lipinski definition) is 0. The SMILES string of the molecule is COc1ccc(OC2C(C)C(c3ccccc3)CCN2C)cc1. The van der Waals surface area contributed by atoms with Gasteiger partial charge in [0.25, 0.3) is 0 Å². The maximum Gasteiger partial charge on any atom is 0.155 e. The van der Waals surface area contributed by atoms with E-state index in [1.165, 1.54) is 12.0 Å². The van der Waals surface area contributed by atoms with Crippen molar-refractivity contribution in [1.82, 2.24) is 4.90 Å². The third-order valence-electron chi connectivity index (χ3n) is 4.86. The highest BCUT2D eigenvalue weighted by molar-refractivity contribution is 5.31. The van der Waals surface area contributed by atoms with Crippen molar-refractivity contribution >= 4 is 0 Å². The summed E-state index contributed by atoms with van der Waals surface area (Å²) in [6.45, 7) is 3.34. The quantitative estimate of drug-likeness (QED) is 0.846. The number of likely N-dealkylation sites (tertiary alicyclic amines) is 1. The molecule has 0 saturated carbocycles. The molecular weight excluding hydrogens is 286 g/mol. The fraction of sp³-hybridized carbons (Fsp3) is 0.400. The minimum absolute atomic E-state index is 0.0855. The minimum Gasteiger partial charge on any atom is -0.497 e. The fourth-order valence-corrected chi connectivity index (χ4v) is 3.49. The molecule has 0 radical (unpaired) electrons. The molecule has 3 atom stereocenters. The molecule has 1 heterocycles. The highest BCUT2D eigenvalue weighted by Crippen LogP contribution is 2.37. The number of piperidine rings is 1. The smallest absolute Gasteiger partial charge is 0.155 e. The number of ether oxygens (including phenoxy) is 2. The number of methoxy groups -OCH3 is 1. The summed E-state index contributed by atoms with van der Waals surface area (Å²) in [6, 6.07) is 18.6. The Hall–Kier alpha value is -2.00. The van der Waals surface area contributed by atoms with Gasteiger partial charge < -0.3 is 9.47 Å². The third-order valence-corrected chi connectivity index (χ3v) is 4.86. The van der Waals surface area contributed by atoms with Gasteiger partial charge in [-0.25, -0.2) is 0 Å². The van der Waals surface area contributed by atoms with Gasteiger partial charge in [-0.05, 0) is 49.2 Å². The van der Waals surface area contributed by atoms with Gasteiger partial charge in [-0.1, -0.05) is 37.3 Å². The lowest BCUT2D eigenvalue weighted by Crippen LogP contribution is -2.48. The first-order valence-electron chi connectivity index (χ1n) is 8.25. The molecule has 122 valence electrons. The first-order valence-corrected chi connectivity index (χ1v) is 8.25. The van der Waals surface area contributed by atoms with Gasteiger partial charge in [-0.2, -0.15) is 0 Å². The molecule has 0 aromatic heterocycles. The molecule has 0 aliphatic carbocycles. The van der Waals surface area contributed by atoms with Gasteiger partial charge in [-0.3, -0.25) is 4.90 Å². The Bertz CT molecular complexity index is 611. The van der Waals surface area contributed by atoms with E-state index in [2.05, 4.69) is 49.2 Å². The van der Waals surface area contributed by atoms with Crippen molar-refractivity contribution in [3.63, 3.8) is 0 Å². The normalized spacial score (nSPS) is 25.1. The molecule has 23 heavy (non-hydrogen) atoms. The average molecular weight is 311 g/mol. The van der Waals surface area contributed by atoms with Gasteiger partial charge in [0.1, 0.15) is 11.5 Å². The van der Waals surface area contributed by atoms with Crippen LogP contribution in [0, 0.1) is 5.92 Å². The zero-order valence-electron chi connectivity index (χ0n) is 14.1. The van der Waals surface area contributed by atoms with Crippen molar-refractivity contribution < 1.29 is 9.47 Å². The van der Waals surface area contributed by atoms with Crippen molar-refractivity contribution in [3.05, 3.63) is 60.2 Å². The predicted octanol–water partition coefficient (Wildman–Crippen LogP) is 4.16. The van der Waals surface area contributed by atoms with Crippen molar-refractivity contribution in [2.75, 3.05) is 20.7 Å². The molecule has 3 rings (SSSR count). The van der Waals surface area contributed by atoms with Gasteiger partial charge in [0.05, 0.1) is 7.11 Å². The second-order valence-electron chi connectivity index (χ2n) is 6.33.